The Morgan fingerprint density at radius 1 is 1.00 bits per heavy atom. The van der Waals surface area contributed by atoms with Crippen molar-refractivity contribution in [1.82, 2.24) is 0 Å². The summed E-state index contributed by atoms with van der Waals surface area (Å²) in [5.74, 6) is 0.206. The minimum absolute atomic E-state index is 0.0974. The standard InChI is InChI=1S/C16H15NO3/c1-11(18)17-14-10-13(8-9-15(14)20-2)16(19)12-6-4-3-5-7-12/h3-10H,1-2H3,(H,17,18). The molecule has 2 rings (SSSR count). The second kappa shape index (κ2) is 6.02. The molecule has 0 fully saturated rings. The van der Waals surface area contributed by atoms with Gasteiger partial charge in [0.2, 0.25) is 5.91 Å². The second-order valence-corrected chi connectivity index (χ2v) is 4.29. The number of hydrogen-bond donors (Lipinski definition) is 1. The van der Waals surface area contributed by atoms with Gasteiger partial charge in [0.1, 0.15) is 5.75 Å². The first-order chi connectivity index (χ1) is 9.61. The van der Waals surface area contributed by atoms with Crippen LogP contribution in [0.1, 0.15) is 22.8 Å². The number of benzene rings is 2. The van der Waals surface area contributed by atoms with Crippen molar-refractivity contribution in [2.24, 2.45) is 0 Å². The van der Waals surface area contributed by atoms with E-state index in [2.05, 4.69) is 5.32 Å². The molecule has 0 unspecified atom stereocenters. The van der Waals surface area contributed by atoms with Gasteiger partial charge in [-0.15, -0.1) is 0 Å². The zero-order valence-electron chi connectivity index (χ0n) is 11.3. The number of amides is 1. The first-order valence-electron chi connectivity index (χ1n) is 6.17. The molecular weight excluding hydrogens is 254 g/mol. The molecular formula is C16H15NO3. The Hall–Kier alpha value is -2.62. The van der Waals surface area contributed by atoms with Gasteiger partial charge in [0.25, 0.3) is 0 Å². The Morgan fingerprint density at radius 2 is 1.70 bits per heavy atom. The third-order valence-electron chi connectivity index (χ3n) is 2.81. The third-order valence-corrected chi connectivity index (χ3v) is 2.81. The molecule has 0 saturated heterocycles. The summed E-state index contributed by atoms with van der Waals surface area (Å²) in [4.78, 5) is 23.5. The predicted octanol–water partition coefficient (Wildman–Crippen LogP) is 2.88. The van der Waals surface area contributed by atoms with Gasteiger partial charge in [-0.3, -0.25) is 9.59 Å². The van der Waals surface area contributed by atoms with Crippen LogP contribution in [0, 0.1) is 0 Å². The molecule has 0 heterocycles. The van der Waals surface area contributed by atoms with Crippen molar-refractivity contribution >= 4 is 17.4 Å². The molecule has 0 atom stereocenters. The van der Waals surface area contributed by atoms with Crippen LogP contribution >= 0.6 is 0 Å². The van der Waals surface area contributed by atoms with Crippen LogP contribution in [-0.2, 0) is 4.79 Å². The van der Waals surface area contributed by atoms with Crippen LogP contribution in [-0.4, -0.2) is 18.8 Å². The topological polar surface area (TPSA) is 55.4 Å². The summed E-state index contributed by atoms with van der Waals surface area (Å²) in [7, 11) is 1.51. The molecule has 0 aromatic heterocycles. The highest BCUT2D eigenvalue weighted by Crippen LogP contribution is 2.26. The van der Waals surface area contributed by atoms with Gasteiger partial charge in [-0.2, -0.15) is 0 Å². The Labute approximate surface area is 117 Å². The van der Waals surface area contributed by atoms with Crippen molar-refractivity contribution in [2.45, 2.75) is 6.92 Å². The molecule has 102 valence electrons. The summed E-state index contributed by atoms with van der Waals surface area (Å²) >= 11 is 0. The highest BCUT2D eigenvalue weighted by Gasteiger charge is 2.12. The van der Waals surface area contributed by atoms with E-state index in [4.69, 9.17) is 4.74 Å². The van der Waals surface area contributed by atoms with Gasteiger partial charge in [0, 0.05) is 18.1 Å². The fourth-order valence-electron chi connectivity index (χ4n) is 1.89. The monoisotopic (exact) mass is 269 g/mol. The molecule has 2 aromatic carbocycles. The summed E-state index contributed by atoms with van der Waals surface area (Å²) in [5.41, 5.74) is 1.59. The highest BCUT2D eigenvalue weighted by molar-refractivity contribution is 6.10. The Kier molecular flexibility index (Phi) is 4.15. The molecule has 0 aliphatic rings. The predicted molar refractivity (Wildman–Crippen MR) is 77.2 cm³/mol. The molecule has 0 aliphatic heterocycles. The van der Waals surface area contributed by atoms with Crippen LogP contribution in [0.25, 0.3) is 0 Å². The molecule has 0 spiro atoms. The second-order valence-electron chi connectivity index (χ2n) is 4.29. The van der Waals surface area contributed by atoms with E-state index in [1.165, 1.54) is 14.0 Å². The summed E-state index contributed by atoms with van der Waals surface area (Å²) in [5, 5.41) is 2.65. The fourth-order valence-corrected chi connectivity index (χ4v) is 1.89. The number of hydrogen-bond acceptors (Lipinski definition) is 3. The Bertz CT molecular complexity index is 635. The van der Waals surface area contributed by atoms with Gasteiger partial charge in [-0.1, -0.05) is 30.3 Å². The van der Waals surface area contributed by atoms with Gasteiger partial charge in [-0.25, -0.2) is 0 Å². The maximum atomic E-state index is 12.3. The van der Waals surface area contributed by atoms with Crippen molar-refractivity contribution in [1.29, 1.82) is 0 Å². The van der Waals surface area contributed by atoms with Gasteiger partial charge in [0.05, 0.1) is 12.8 Å². The lowest BCUT2D eigenvalue weighted by Gasteiger charge is -2.10. The van der Waals surface area contributed by atoms with E-state index in [1.807, 2.05) is 18.2 Å². The van der Waals surface area contributed by atoms with E-state index in [0.29, 0.717) is 22.6 Å². The lowest BCUT2D eigenvalue weighted by Crippen LogP contribution is -2.09. The lowest BCUT2D eigenvalue weighted by atomic mass is 10.0. The average Bonchev–Trinajstić information content (AvgIpc) is 2.46. The number of carbonyl (C=O) groups is 2. The van der Waals surface area contributed by atoms with Gasteiger partial charge in [-0.05, 0) is 18.2 Å². The molecule has 4 heteroatoms. The smallest absolute Gasteiger partial charge is 0.221 e. The molecule has 1 N–H and O–H groups in total. The summed E-state index contributed by atoms with van der Waals surface area (Å²) < 4.78 is 5.16. The largest absolute Gasteiger partial charge is 0.495 e. The number of anilines is 1. The van der Waals surface area contributed by atoms with Crippen LogP contribution in [0.5, 0.6) is 5.75 Å². The van der Waals surface area contributed by atoms with Crippen molar-refractivity contribution in [3.63, 3.8) is 0 Å². The van der Waals surface area contributed by atoms with Gasteiger partial charge in [0.15, 0.2) is 5.78 Å². The Balaban J connectivity index is 2.38. The van der Waals surface area contributed by atoms with Crippen LogP contribution in [0.15, 0.2) is 48.5 Å². The molecule has 20 heavy (non-hydrogen) atoms. The van der Waals surface area contributed by atoms with Crippen LogP contribution in [0.4, 0.5) is 5.69 Å². The van der Waals surface area contributed by atoms with E-state index < -0.39 is 0 Å². The molecule has 0 radical (unpaired) electrons. The molecule has 2 aromatic rings. The van der Waals surface area contributed by atoms with E-state index in [1.54, 1.807) is 30.3 Å². The average molecular weight is 269 g/mol. The molecule has 1 amide bonds. The maximum absolute atomic E-state index is 12.3. The van der Waals surface area contributed by atoms with Crippen LogP contribution in [0.2, 0.25) is 0 Å². The van der Waals surface area contributed by atoms with Gasteiger partial charge >= 0.3 is 0 Å². The van der Waals surface area contributed by atoms with E-state index in [0.717, 1.165) is 0 Å². The van der Waals surface area contributed by atoms with Crippen molar-refractivity contribution in [3.8, 4) is 5.75 Å². The summed E-state index contributed by atoms with van der Waals surface area (Å²) in [6, 6.07) is 14.0. The molecule has 4 nitrogen and oxygen atoms in total. The SMILES string of the molecule is COc1ccc(C(=O)c2ccccc2)cc1NC(C)=O. The fraction of sp³-hybridized carbons (Fsp3) is 0.125. The van der Waals surface area contributed by atoms with Gasteiger partial charge < -0.3 is 10.1 Å². The zero-order valence-corrected chi connectivity index (χ0v) is 11.3. The number of rotatable bonds is 4. The van der Waals surface area contributed by atoms with Crippen molar-refractivity contribution < 1.29 is 14.3 Å². The maximum Gasteiger partial charge on any atom is 0.221 e. The summed E-state index contributed by atoms with van der Waals surface area (Å²) in [6.45, 7) is 1.41. The van der Waals surface area contributed by atoms with Crippen molar-refractivity contribution in [3.05, 3.63) is 59.7 Å². The van der Waals surface area contributed by atoms with E-state index in [-0.39, 0.29) is 11.7 Å². The molecule has 0 aliphatic carbocycles. The summed E-state index contributed by atoms with van der Waals surface area (Å²) in [6.07, 6.45) is 0. The molecule has 0 saturated carbocycles. The minimum atomic E-state index is -0.215. The minimum Gasteiger partial charge on any atom is -0.495 e. The quantitative estimate of drug-likeness (QED) is 0.868. The van der Waals surface area contributed by atoms with Crippen LogP contribution in [0.3, 0.4) is 0 Å². The number of carbonyl (C=O) groups excluding carboxylic acids is 2. The van der Waals surface area contributed by atoms with E-state index >= 15 is 0 Å². The number of methoxy groups -OCH3 is 1. The highest BCUT2D eigenvalue weighted by atomic mass is 16.5. The molecule has 0 bridgehead atoms. The Morgan fingerprint density at radius 3 is 2.30 bits per heavy atom. The first-order valence-corrected chi connectivity index (χ1v) is 6.17. The normalized spacial score (nSPS) is 9.90. The van der Waals surface area contributed by atoms with E-state index in [9.17, 15) is 9.59 Å². The third kappa shape index (κ3) is 3.03. The lowest BCUT2D eigenvalue weighted by molar-refractivity contribution is -0.114. The number of ether oxygens (including phenoxy) is 1. The zero-order chi connectivity index (χ0) is 14.5. The first kappa shape index (κ1) is 13.8. The van der Waals surface area contributed by atoms with Crippen LogP contribution < -0.4 is 10.1 Å². The number of nitrogens with one attached hydrogen (secondary N) is 1. The number of ketones is 1. The van der Waals surface area contributed by atoms with Crippen molar-refractivity contribution in [2.75, 3.05) is 12.4 Å².